The van der Waals surface area contributed by atoms with Gasteiger partial charge in [-0.15, -0.1) is 0 Å². The molecule has 26 heavy (non-hydrogen) atoms. The highest BCUT2D eigenvalue weighted by Gasteiger charge is 2.23. The van der Waals surface area contributed by atoms with Crippen LogP contribution in [0.3, 0.4) is 0 Å². The predicted octanol–water partition coefficient (Wildman–Crippen LogP) is 1.49. The second-order valence-corrected chi connectivity index (χ2v) is 7.08. The Bertz CT molecular complexity index is 833. The number of nitrogens with zero attached hydrogens (tertiary/aromatic N) is 2. The molecule has 6 nitrogen and oxygen atoms in total. The molecule has 0 aliphatic carbocycles. The minimum absolute atomic E-state index is 0.0299. The van der Waals surface area contributed by atoms with Crippen LogP contribution in [0.5, 0.6) is 0 Å². The second kappa shape index (κ2) is 7.83. The average Bonchev–Trinajstić information content (AvgIpc) is 2.59. The molecule has 1 aromatic carbocycles. The number of H-pyrrole nitrogens is 1. The first-order valence-corrected chi connectivity index (χ1v) is 9.04. The van der Waals surface area contributed by atoms with E-state index in [1.165, 1.54) is 11.1 Å². The summed E-state index contributed by atoms with van der Waals surface area (Å²) >= 11 is 0. The topological polar surface area (TPSA) is 78.1 Å². The number of aromatic nitrogens is 2. The molecule has 1 aliphatic heterocycles. The Labute approximate surface area is 153 Å². The third-order valence-electron chi connectivity index (χ3n) is 5.21. The summed E-state index contributed by atoms with van der Waals surface area (Å²) in [6, 6.07) is 8.80. The maximum atomic E-state index is 12.3. The van der Waals surface area contributed by atoms with Crippen molar-refractivity contribution < 1.29 is 4.79 Å². The van der Waals surface area contributed by atoms with Crippen LogP contribution in [0.25, 0.3) is 0 Å². The van der Waals surface area contributed by atoms with Crippen molar-refractivity contribution in [1.29, 1.82) is 0 Å². The van der Waals surface area contributed by atoms with Crippen LogP contribution in [0.1, 0.15) is 34.5 Å². The van der Waals surface area contributed by atoms with Crippen LogP contribution >= 0.6 is 0 Å². The Balaban J connectivity index is 1.53. The molecule has 0 radical (unpaired) electrons. The molecule has 2 heterocycles. The zero-order valence-electron chi connectivity index (χ0n) is 15.6. The molecule has 1 amide bonds. The quantitative estimate of drug-likeness (QED) is 0.853. The highest BCUT2D eigenvalue weighted by molar-refractivity contribution is 5.76. The lowest BCUT2D eigenvalue weighted by Gasteiger charge is -2.34. The van der Waals surface area contributed by atoms with E-state index in [0.29, 0.717) is 31.1 Å². The van der Waals surface area contributed by atoms with E-state index in [2.05, 4.69) is 51.5 Å². The number of likely N-dealkylation sites (N-methyl/N-ethyl adjacent to an activating group) is 1. The predicted molar refractivity (Wildman–Crippen MR) is 101 cm³/mol. The number of nitrogens with one attached hydrogen (secondary N) is 2. The maximum absolute atomic E-state index is 12.3. The van der Waals surface area contributed by atoms with E-state index >= 15 is 0 Å². The van der Waals surface area contributed by atoms with Crippen LogP contribution < -0.4 is 11.0 Å². The Hall–Kier alpha value is -2.47. The Kier molecular flexibility index (Phi) is 5.52. The largest absolute Gasteiger partial charge is 0.355 e. The molecule has 1 atom stereocenters. The number of rotatable bonds is 5. The summed E-state index contributed by atoms with van der Waals surface area (Å²) < 4.78 is 0. The van der Waals surface area contributed by atoms with Crippen molar-refractivity contribution in [2.45, 2.75) is 45.7 Å². The highest BCUT2D eigenvalue weighted by atomic mass is 16.1. The molecule has 6 heteroatoms. The van der Waals surface area contributed by atoms with Crippen molar-refractivity contribution in [3.8, 4) is 0 Å². The van der Waals surface area contributed by atoms with E-state index in [1.54, 1.807) is 0 Å². The monoisotopic (exact) mass is 354 g/mol. The smallest absolute Gasteiger partial charge is 0.345 e. The summed E-state index contributed by atoms with van der Waals surface area (Å²) in [5.41, 5.74) is 4.84. The summed E-state index contributed by atoms with van der Waals surface area (Å²) in [6.07, 6.45) is 1.92. The first kappa shape index (κ1) is 18.3. The zero-order valence-corrected chi connectivity index (χ0v) is 15.6. The number of aryl methyl sites for hydroxylation is 2. The van der Waals surface area contributed by atoms with Crippen LogP contribution in [0, 0.1) is 13.8 Å². The van der Waals surface area contributed by atoms with Gasteiger partial charge in [0.15, 0.2) is 0 Å². The fourth-order valence-corrected chi connectivity index (χ4v) is 3.63. The molecule has 2 aromatic rings. The Morgan fingerprint density at radius 3 is 2.77 bits per heavy atom. The zero-order chi connectivity index (χ0) is 18.7. The lowest BCUT2D eigenvalue weighted by Crippen LogP contribution is -2.45. The fourth-order valence-electron chi connectivity index (χ4n) is 3.63. The number of aromatic amines is 1. The van der Waals surface area contributed by atoms with E-state index in [-0.39, 0.29) is 11.6 Å². The van der Waals surface area contributed by atoms with Crippen LogP contribution in [0.4, 0.5) is 0 Å². The molecule has 3 rings (SSSR count). The van der Waals surface area contributed by atoms with E-state index < -0.39 is 0 Å². The fraction of sp³-hybridized carbons (Fsp3) is 0.450. The molecule has 1 unspecified atom stereocenters. The number of carbonyl (C=O) groups excluding carboxylic acids is 1. The minimum atomic E-state index is -0.339. The number of amides is 1. The van der Waals surface area contributed by atoms with Crippen molar-refractivity contribution in [3.63, 3.8) is 0 Å². The summed E-state index contributed by atoms with van der Waals surface area (Å²) in [5.74, 6) is 0.0299. The summed E-state index contributed by atoms with van der Waals surface area (Å²) in [5, 5.41) is 3.06. The van der Waals surface area contributed by atoms with Gasteiger partial charge in [-0.2, -0.15) is 4.98 Å². The SMILES string of the molecule is Cc1nc(=O)[nH]c(C)c1CCC(=O)NCC1Cc2ccccc2CN1C. The number of carbonyl (C=O) groups is 1. The van der Waals surface area contributed by atoms with Gasteiger partial charge in [0.2, 0.25) is 5.91 Å². The minimum Gasteiger partial charge on any atom is -0.355 e. The standard InChI is InChI=1S/C20H26N4O2/c1-13-18(14(2)23-20(26)22-13)8-9-19(25)21-11-17-10-15-6-4-5-7-16(15)12-24(17)3/h4-7,17H,8-12H2,1-3H3,(H,21,25)(H,22,23,26). The lowest BCUT2D eigenvalue weighted by atomic mass is 9.94. The second-order valence-electron chi connectivity index (χ2n) is 7.08. The number of fused-ring (bicyclic) bond motifs is 1. The first-order valence-electron chi connectivity index (χ1n) is 9.04. The molecule has 0 saturated carbocycles. The molecule has 0 fully saturated rings. The number of hydrogen-bond acceptors (Lipinski definition) is 4. The van der Waals surface area contributed by atoms with Crippen molar-refractivity contribution >= 4 is 5.91 Å². The summed E-state index contributed by atoms with van der Waals surface area (Å²) in [6.45, 7) is 5.21. The maximum Gasteiger partial charge on any atom is 0.345 e. The Morgan fingerprint density at radius 1 is 1.31 bits per heavy atom. The molecular formula is C20H26N4O2. The summed E-state index contributed by atoms with van der Waals surface area (Å²) in [4.78, 5) is 32.5. The van der Waals surface area contributed by atoms with Gasteiger partial charge in [0.25, 0.3) is 0 Å². The van der Waals surface area contributed by atoms with Crippen molar-refractivity contribution in [1.82, 2.24) is 20.2 Å². The third kappa shape index (κ3) is 4.19. The molecular weight excluding hydrogens is 328 g/mol. The summed E-state index contributed by atoms with van der Waals surface area (Å²) in [7, 11) is 2.10. The molecule has 0 bridgehead atoms. The van der Waals surface area contributed by atoms with E-state index in [9.17, 15) is 9.59 Å². The normalized spacial score (nSPS) is 17.0. The number of benzene rings is 1. The van der Waals surface area contributed by atoms with E-state index in [4.69, 9.17) is 0 Å². The third-order valence-corrected chi connectivity index (χ3v) is 5.21. The lowest BCUT2D eigenvalue weighted by molar-refractivity contribution is -0.121. The molecule has 1 aliphatic rings. The average molecular weight is 354 g/mol. The van der Waals surface area contributed by atoms with Gasteiger partial charge in [0.05, 0.1) is 0 Å². The van der Waals surface area contributed by atoms with Gasteiger partial charge in [-0.05, 0) is 50.4 Å². The van der Waals surface area contributed by atoms with Gasteiger partial charge >= 0.3 is 5.69 Å². The van der Waals surface area contributed by atoms with Gasteiger partial charge in [0.1, 0.15) is 0 Å². The van der Waals surface area contributed by atoms with Gasteiger partial charge in [-0.3, -0.25) is 9.69 Å². The molecule has 0 spiro atoms. The van der Waals surface area contributed by atoms with Crippen LogP contribution in [0.2, 0.25) is 0 Å². The van der Waals surface area contributed by atoms with Gasteiger partial charge in [-0.25, -0.2) is 4.79 Å². The molecule has 1 aromatic heterocycles. The Morgan fingerprint density at radius 2 is 2.04 bits per heavy atom. The number of hydrogen-bond donors (Lipinski definition) is 2. The molecule has 138 valence electrons. The van der Waals surface area contributed by atoms with Crippen molar-refractivity contribution in [2.24, 2.45) is 0 Å². The van der Waals surface area contributed by atoms with Crippen LogP contribution in [-0.4, -0.2) is 40.4 Å². The van der Waals surface area contributed by atoms with Gasteiger partial charge in [-0.1, -0.05) is 24.3 Å². The van der Waals surface area contributed by atoms with Crippen molar-refractivity contribution in [3.05, 3.63) is 62.8 Å². The molecule has 2 N–H and O–H groups in total. The van der Waals surface area contributed by atoms with Gasteiger partial charge < -0.3 is 10.3 Å². The van der Waals surface area contributed by atoms with Crippen LogP contribution in [-0.2, 0) is 24.2 Å². The highest BCUT2D eigenvalue weighted by Crippen LogP contribution is 2.21. The van der Waals surface area contributed by atoms with Gasteiger partial charge in [0, 0.05) is 36.9 Å². The van der Waals surface area contributed by atoms with Crippen LogP contribution in [0.15, 0.2) is 29.1 Å². The van der Waals surface area contributed by atoms with Crippen molar-refractivity contribution in [2.75, 3.05) is 13.6 Å². The van der Waals surface area contributed by atoms with E-state index in [1.807, 2.05) is 13.8 Å². The van der Waals surface area contributed by atoms with E-state index in [0.717, 1.165) is 24.2 Å². The first-order chi connectivity index (χ1) is 12.4. The molecule has 0 saturated heterocycles.